The molecule has 0 saturated carbocycles. The van der Waals surface area contributed by atoms with Crippen LogP contribution in [-0.4, -0.2) is 12.4 Å². The molecule has 0 spiro atoms. The molecule has 0 unspecified atom stereocenters. The Hall–Kier alpha value is -1.75. The molecule has 2 rings (SSSR count). The highest BCUT2D eigenvalue weighted by molar-refractivity contribution is 9.10. The molecule has 0 heterocycles. The number of hydrogen-bond donors (Lipinski definition) is 0. The molecule has 2 aromatic carbocycles. The molecule has 0 N–H and O–H groups in total. The second kappa shape index (κ2) is 6.35. The van der Waals surface area contributed by atoms with Gasteiger partial charge in [0.1, 0.15) is 0 Å². The Bertz CT molecular complexity index is 699. The summed E-state index contributed by atoms with van der Waals surface area (Å²) in [6.45, 7) is 3.49. The van der Waals surface area contributed by atoms with Crippen LogP contribution in [0.5, 0.6) is 5.75 Å². The predicted octanol–water partition coefficient (Wildman–Crippen LogP) is 4.61. The Morgan fingerprint density at radius 2 is 1.86 bits per heavy atom. The Morgan fingerprint density at radius 1 is 1.14 bits per heavy atom. The monoisotopic (exact) mass is 354 g/mol. The number of carbonyl (C=O) groups excluding carboxylic acids is 1. The largest absolute Gasteiger partial charge is 0.482 e. The number of rotatable bonds is 4. The molecule has 21 heavy (non-hydrogen) atoms. The first-order valence-corrected chi connectivity index (χ1v) is 7.05. The fourth-order valence-corrected chi connectivity index (χ4v) is 2.19. The number of ether oxygens (including phenoxy) is 1. The first-order chi connectivity index (χ1) is 9.88. The van der Waals surface area contributed by atoms with Crippen molar-refractivity contribution in [2.45, 2.75) is 13.8 Å². The maximum Gasteiger partial charge on any atom is 0.200 e. The van der Waals surface area contributed by atoms with Crippen molar-refractivity contribution >= 4 is 21.7 Å². The maximum absolute atomic E-state index is 13.5. The molecular formula is C16H13BrF2O2. The van der Waals surface area contributed by atoms with E-state index in [0.717, 1.165) is 17.2 Å². The topological polar surface area (TPSA) is 26.3 Å². The minimum atomic E-state index is -1.11. The molecule has 0 amide bonds. The van der Waals surface area contributed by atoms with E-state index in [4.69, 9.17) is 4.74 Å². The second-order valence-electron chi connectivity index (χ2n) is 4.71. The van der Waals surface area contributed by atoms with E-state index >= 15 is 0 Å². The van der Waals surface area contributed by atoms with Gasteiger partial charge >= 0.3 is 0 Å². The maximum atomic E-state index is 13.5. The van der Waals surface area contributed by atoms with E-state index in [-0.39, 0.29) is 18.1 Å². The lowest BCUT2D eigenvalue weighted by atomic mass is 10.0. The van der Waals surface area contributed by atoms with Crippen LogP contribution < -0.4 is 4.74 Å². The minimum Gasteiger partial charge on any atom is -0.482 e. The minimum absolute atomic E-state index is 0.293. The zero-order valence-corrected chi connectivity index (χ0v) is 13.1. The Kier molecular flexibility index (Phi) is 4.73. The van der Waals surface area contributed by atoms with Gasteiger partial charge in [-0.2, -0.15) is 4.39 Å². The van der Waals surface area contributed by atoms with Gasteiger partial charge in [-0.05, 0) is 43.2 Å². The molecule has 5 heteroatoms. The zero-order valence-electron chi connectivity index (χ0n) is 11.5. The molecule has 2 aromatic rings. The van der Waals surface area contributed by atoms with Crippen LogP contribution in [0.3, 0.4) is 0 Å². The number of aryl methyl sites for hydroxylation is 2. The Labute approximate surface area is 129 Å². The van der Waals surface area contributed by atoms with Gasteiger partial charge < -0.3 is 4.74 Å². The van der Waals surface area contributed by atoms with Gasteiger partial charge in [-0.15, -0.1) is 0 Å². The average Bonchev–Trinajstić information content (AvgIpc) is 2.43. The number of carbonyl (C=O) groups is 1. The smallest absolute Gasteiger partial charge is 0.200 e. The van der Waals surface area contributed by atoms with E-state index in [1.807, 2.05) is 19.9 Å². The lowest BCUT2D eigenvalue weighted by Gasteiger charge is -2.09. The number of ketones is 1. The molecule has 0 atom stereocenters. The molecule has 110 valence electrons. The number of Topliss-reactive ketones (excluding diaryl/α,β-unsaturated/α-hetero) is 1. The number of benzene rings is 2. The standard InChI is InChI=1S/C16H13BrF2O2/c1-9-3-4-11(5-10(9)2)14(20)8-21-15-7-12(17)6-13(18)16(15)19/h3-7H,8H2,1-2H3. The third-order valence-corrected chi connectivity index (χ3v) is 3.61. The molecule has 0 aliphatic rings. The highest BCUT2D eigenvalue weighted by atomic mass is 79.9. The van der Waals surface area contributed by atoms with E-state index in [1.165, 1.54) is 6.07 Å². The fourth-order valence-electron chi connectivity index (χ4n) is 1.78. The number of hydrogen-bond acceptors (Lipinski definition) is 2. The summed E-state index contributed by atoms with van der Waals surface area (Å²) >= 11 is 3.04. The summed E-state index contributed by atoms with van der Waals surface area (Å²) in [6.07, 6.45) is 0. The molecule has 2 nitrogen and oxygen atoms in total. The van der Waals surface area contributed by atoms with Gasteiger partial charge in [0.05, 0.1) is 0 Å². The lowest BCUT2D eigenvalue weighted by molar-refractivity contribution is 0.0918. The van der Waals surface area contributed by atoms with Crippen LogP contribution in [0, 0.1) is 25.5 Å². The molecule has 0 radical (unpaired) electrons. The van der Waals surface area contributed by atoms with Gasteiger partial charge in [0, 0.05) is 10.0 Å². The summed E-state index contributed by atoms with van der Waals surface area (Å²) in [4.78, 5) is 12.0. The average molecular weight is 355 g/mol. The van der Waals surface area contributed by atoms with Gasteiger partial charge in [0.15, 0.2) is 24.0 Å². The first-order valence-electron chi connectivity index (χ1n) is 6.26. The van der Waals surface area contributed by atoms with Crippen molar-refractivity contribution < 1.29 is 18.3 Å². The van der Waals surface area contributed by atoms with E-state index in [0.29, 0.717) is 10.0 Å². The molecule has 0 saturated heterocycles. The Balaban J connectivity index is 2.12. The van der Waals surface area contributed by atoms with Crippen molar-refractivity contribution in [3.8, 4) is 5.75 Å². The molecule has 0 bridgehead atoms. The summed E-state index contributed by atoms with van der Waals surface area (Å²) in [5, 5.41) is 0. The SMILES string of the molecule is Cc1ccc(C(=O)COc2cc(Br)cc(F)c2F)cc1C. The molecule has 0 aliphatic heterocycles. The van der Waals surface area contributed by atoms with Crippen molar-refractivity contribution in [3.05, 3.63) is 63.1 Å². The van der Waals surface area contributed by atoms with Crippen LogP contribution in [0.4, 0.5) is 8.78 Å². The number of halogens is 3. The van der Waals surface area contributed by atoms with Crippen LogP contribution in [-0.2, 0) is 0 Å². The fraction of sp³-hybridized carbons (Fsp3) is 0.188. The summed E-state index contributed by atoms with van der Waals surface area (Å²) in [5.74, 6) is -2.72. The summed E-state index contributed by atoms with van der Waals surface area (Å²) in [7, 11) is 0. The van der Waals surface area contributed by atoms with Gasteiger partial charge in [-0.25, -0.2) is 4.39 Å². The zero-order chi connectivity index (χ0) is 15.6. The van der Waals surface area contributed by atoms with Gasteiger partial charge in [0.25, 0.3) is 0 Å². The summed E-state index contributed by atoms with van der Waals surface area (Å²) < 4.78 is 32.2. The summed E-state index contributed by atoms with van der Waals surface area (Å²) in [5.41, 5.74) is 2.54. The third kappa shape index (κ3) is 3.67. The van der Waals surface area contributed by atoms with Crippen molar-refractivity contribution in [1.82, 2.24) is 0 Å². The molecule has 0 fully saturated rings. The van der Waals surface area contributed by atoms with Gasteiger partial charge in [0.2, 0.25) is 5.82 Å². The van der Waals surface area contributed by atoms with Gasteiger partial charge in [-0.1, -0.05) is 28.1 Å². The van der Waals surface area contributed by atoms with Crippen LogP contribution in [0.2, 0.25) is 0 Å². The first kappa shape index (κ1) is 15.6. The highest BCUT2D eigenvalue weighted by Crippen LogP contribution is 2.25. The van der Waals surface area contributed by atoms with E-state index < -0.39 is 11.6 Å². The molecular weight excluding hydrogens is 342 g/mol. The van der Waals surface area contributed by atoms with Crippen LogP contribution >= 0.6 is 15.9 Å². The van der Waals surface area contributed by atoms with E-state index in [2.05, 4.69) is 15.9 Å². The van der Waals surface area contributed by atoms with E-state index in [9.17, 15) is 13.6 Å². The Morgan fingerprint density at radius 3 is 2.52 bits per heavy atom. The predicted molar refractivity (Wildman–Crippen MR) is 79.8 cm³/mol. The highest BCUT2D eigenvalue weighted by Gasteiger charge is 2.14. The van der Waals surface area contributed by atoms with Crippen molar-refractivity contribution in [1.29, 1.82) is 0 Å². The van der Waals surface area contributed by atoms with Crippen molar-refractivity contribution in [3.63, 3.8) is 0 Å². The van der Waals surface area contributed by atoms with E-state index in [1.54, 1.807) is 12.1 Å². The van der Waals surface area contributed by atoms with Crippen LogP contribution in [0.25, 0.3) is 0 Å². The van der Waals surface area contributed by atoms with Crippen molar-refractivity contribution in [2.75, 3.05) is 6.61 Å². The molecule has 0 aliphatic carbocycles. The summed E-state index contributed by atoms with van der Waals surface area (Å²) in [6, 6.07) is 7.55. The quantitative estimate of drug-likeness (QED) is 0.592. The second-order valence-corrected chi connectivity index (χ2v) is 5.63. The van der Waals surface area contributed by atoms with Gasteiger partial charge in [-0.3, -0.25) is 4.79 Å². The lowest BCUT2D eigenvalue weighted by Crippen LogP contribution is -2.13. The van der Waals surface area contributed by atoms with Crippen LogP contribution in [0.15, 0.2) is 34.8 Å². The molecule has 0 aromatic heterocycles. The van der Waals surface area contributed by atoms with Crippen LogP contribution in [0.1, 0.15) is 21.5 Å². The normalized spacial score (nSPS) is 10.5. The third-order valence-electron chi connectivity index (χ3n) is 3.15. The van der Waals surface area contributed by atoms with Crippen molar-refractivity contribution in [2.24, 2.45) is 0 Å².